The highest BCUT2D eigenvalue weighted by molar-refractivity contribution is 6.31. The van der Waals surface area contributed by atoms with E-state index < -0.39 is 33.2 Å². The minimum atomic E-state index is -4.73. The van der Waals surface area contributed by atoms with Crippen LogP contribution in [0.2, 0.25) is 5.02 Å². The fourth-order valence-electron chi connectivity index (χ4n) is 2.73. The van der Waals surface area contributed by atoms with E-state index in [-0.39, 0.29) is 28.5 Å². The molecule has 2 aromatic carbocycles. The molecule has 162 valence electrons. The number of amides is 1. The van der Waals surface area contributed by atoms with Crippen molar-refractivity contribution in [3.05, 3.63) is 86.6 Å². The van der Waals surface area contributed by atoms with E-state index in [0.29, 0.717) is 6.07 Å². The van der Waals surface area contributed by atoms with Crippen molar-refractivity contribution in [3.63, 3.8) is 0 Å². The number of halogens is 4. The van der Waals surface area contributed by atoms with Gasteiger partial charge in [0.1, 0.15) is 23.2 Å². The second-order valence-corrected chi connectivity index (χ2v) is 6.70. The Morgan fingerprint density at radius 2 is 1.91 bits per heavy atom. The minimum absolute atomic E-state index is 0.0388. The Labute approximate surface area is 183 Å². The van der Waals surface area contributed by atoms with Crippen LogP contribution in [0, 0.1) is 21.4 Å². The van der Waals surface area contributed by atoms with Crippen molar-refractivity contribution in [2.45, 2.75) is 6.18 Å². The molecule has 0 saturated heterocycles. The molecule has 1 N–H and O–H groups in total. The first kappa shape index (κ1) is 22.6. The van der Waals surface area contributed by atoms with Gasteiger partial charge in [0.15, 0.2) is 0 Å². The highest BCUT2D eigenvalue weighted by Gasteiger charge is 2.33. The lowest BCUT2D eigenvalue weighted by Crippen LogP contribution is -2.14. The number of carbonyl (C=O) groups excluding carboxylic acids is 1. The Bertz CT molecular complexity index is 1280. The van der Waals surface area contributed by atoms with Gasteiger partial charge in [-0.1, -0.05) is 23.7 Å². The van der Waals surface area contributed by atoms with E-state index in [4.69, 9.17) is 16.0 Å². The number of benzene rings is 2. The van der Waals surface area contributed by atoms with Crippen LogP contribution in [0.1, 0.15) is 11.3 Å². The third-order valence-corrected chi connectivity index (χ3v) is 4.50. The molecule has 0 aliphatic carbocycles. The molecule has 0 bridgehead atoms. The number of hydrogen-bond acceptors (Lipinski definition) is 5. The number of nitro groups is 1. The molecule has 1 aromatic heterocycles. The summed E-state index contributed by atoms with van der Waals surface area (Å²) in [5.41, 5.74) is -1.82. The summed E-state index contributed by atoms with van der Waals surface area (Å²) >= 11 is 5.55. The molecule has 0 saturated carbocycles. The molecule has 3 aromatic rings. The summed E-state index contributed by atoms with van der Waals surface area (Å²) in [5, 5.41) is 22.1. The largest absolute Gasteiger partial charge is 0.456 e. The standard InChI is InChI=1S/C21H11ClF3N3O4/c22-17-7-5-13(10-16(17)21(23,24)25)27-20(29)12(11-26)9-14-6-8-19(32-14)15-3-1-2-4-18(15)28(30)31/h1-10H,(H,27,29)/b12-9+. The topological polar surface area (TPSA) is 109 Å². The lowest BCUT2D eigenvalue weighted by Gasteiger charge is -2.11. The van der Waals surface area contributed by atoms with Crippen molar-refractivity contribution < 1.29 is 27.3 Å². The molecule has 0 fully saturated rings. The number of anilines is 1. The molecular weight excluding hydrogens is 451 g/mol. The number of nitrogens with one attached hydrogen (secondary N) is 1. The van der Waals surface area contributed by atoms with E-state index >= 15 is 0 Å². The first-order valence-electron chi connectivity index (χ1n) is 8.73. The fourth-order valence-corrected chi connectivity index (χ4v) is 2.95. The normalized spacial score (nSPS) is 11.7. The number of alkyl halides is 3. The van der Waals surface area contributed by atoms with Gasteiger partial charge in [-0.05, 0) is 36.4 Å². The third-order valence-electron chi connectivity index (χ3n) is 4.17. The first-order chi connectivity index (χ1) is 15.1. The van der Waals surface area contributed by atoms with Crippen molar-refractivity contribution in [1.82, 2.24) is 0 Å². The number of rotatable bonds is 5. The number of furan rings is 1. The Balaban J connectivity index is 1.86. The van der Waals surface area contributed by atoms with Crippen LogP contribution in [0.3, 0.4) is 0 Å². The van der Waals surface area contributed by atoms with Gasteiger partial charge in [0.25, 0.3) is 11.6 Å². The molecule has 0 radical (unpaired) electrons. The van der Waals surface area contributed by atoms with Gasteiger partial charge in [-0.3, -0.25) is 14.9 Å². The average molecular weight is 462 g/mol. The zero-order valence-corrected chi connectivity index (χ0v) is 16.6. The molecule has 7 nitrogen and oxygen atoms in total. The lowest BCUT2D eigenvalue weighted by molar-refractivity contribution is -0.384. The van der Waals surface area contributed by atoms with Gasteiger partial charge in [-0.15, -0.1) is 0 Å². The number of para-hydroxylation sites is 1. The van der Waals surface area contributed by atoms with Crippen LogP contribution in [0.4, 0.5) is 24.5 Å². The smallest absolute Gasteiger partial charge is 0.417 e. The highest BCUT2D eigenvalue weighted by Crippen LogP contribution is 2.36. The molecule has 11 heteroatoms. The summed E-state index contributed by atoms with van der Waals surface area (Å²) in [7, 11) is 0. The summed E-state index contributed by atoms with van der Waals surface area (Å²) < 4.78 is 44.4. The van der Waals surface area contributed by atoms with Crippen molar-refractivity contribution >= 4 is 35.0 Å². The van der Waals surface area contributed by atoms with E-state index in [0.717, 1.165) is 18.2 Å². The highest BCUT2D eigenvalue weighted by atomic mass is 35.5. The fraction of sp³-hybridized carbons (Fsp3) is 0.0476. The van der Waals surface area contributed by atoms with Crippen molar-refractivity contribution in [2.24, 2.45) is 0 Å². The molecule has 0 atom stereocenters. The van der Waals surface area contributed by atoms with E-state index in [1.165, 1.54) is 30.3 Å². The van der Waals surface area contributed by atoms with E-state index in [9.17, 15) is 33.3 Å². The third kappa shape index (κ3) is 4.96. The number of nitriles is 1. The van der Waals surface area contributed by atoms with Crippen molar-refractivity contribution in [3.8, 4) is 17.4 Å². The molecule has 0 spiro atoms. The van der Waals surface area contributed by atoms with Crippen LogP contribution in [0.5, 0.6) is 0 Å². The zero-order chi connectivity index (χ0) is 23.5. The monoisotopic (exact) mass is 461 g/mol. The van der Waals surface area contributed by atoms with Crippen LogP contribution in [-0.2, 0) is 11.0 Å². The number of hydrogen-bond donors (Lipinski definition) is 1. The maximum absolute atomic E-state index is 13.0. The zero-order valence-electron chi connectivity index (χ0n) is 15.8. The summed E-state index contributed by atoms with van der Waals surface area (Å²) in [5.74, 6) is -0.808. The molecule has 0 aliphatic heterocycles. The van der Waals surface area contributed by atoms with Crippen LogP contribution >= 0.6 is 11.6 Å². The van der Waals surface area contributed by atoms with Gasteiger partial charge in [0.2, 0.25) is 0 Å². The quantitative estimate of drug-likeness (QED) is 0.214. The van der Waals surface area contributed by atoms with Crippen LogP contribution in [0.15, 0.2) is 64.6 Å². The van der Waals surface area contributed by atoms with Gasteiger partial charge >= 0.3 is 6.18 Å². The Morgan fingerprint density at radius 3 is 2.56 bits per heavy atom. The summed E-state index contributed by atoms with van der Waals surface area (Å²) in [6.07, 6.45) is -3.66. The maximum Gasteiger partial charge on any atom is 0.417 e. The molecule has 0 unspecified atom stereocenters. The van der Waals surface area contributed by atoms with Gasteiger partial charge in [0.05, 0.1) is 21.1 Å². The Morgan fingerprint density at radius 1 is 1.19 bits per heavy atom. The van der Waals surface area contributed by atoms with Gasteiger partial charge < -0.3 is 9.73 Å². The second-order valence-electron chi connectivity index (χ2n) is 6.29. The minimum Gasteiger partial charge on any atom is -0.456 e. The molecule has 0 aliphatic rings. The van der Waals surface area contributed by atoms with Crippen molar-refractivity contribution in [1.29, 1.82) is 5.26 Å². The maximum atomic E-state index is 13.0. The summed E-state index contributed by atoms with van der Waals surface area (Å²) in [6.45, 7) is 0. The van der Waals surface area contributed by atoms with Crippen LogP contribution < -0.4 is 5.32 Å². The lowest BCUT2D eigenvalue weighted by atomic mass is 10.1. The van der Waals surface area contributed by atoms with Gasteiger partial charge in [-0.2, -0.15) is 18.4 Å². The predicted octanol–water partition coefficient (Wildman–Crippen LogP) is 6.07. The van der Waals surface area contributed by atoms with E-state index in [1.54, 1.807) is 12.1 Å². The predicted molar refractivity (Wildman–Crippen MR) is 109 cm³/mol. The average Bonchev–Trinajstić information content (AvgIpc) is 3.21. The van der Waals surface area contributed by atoms with Crippen LogP contribution in [0.25, 0.3) is 17.4 Å². The van der Waals surface area contributed by atoms with Crippen LogP contribution in [-0.4, -0.2) is 10.8 Å². The molecule has 32 heavy (non-hydrogen) atoms. The Hall–Kier alpha value is -4.10. The number of nitro benzene ring substituents is 1. The first-order valence-corrected chi connectivity index (χ1v) is 9.11. The molecule has 1 amide bonds. The molecule has 3 rings (SSSR count). The second kappa shape index (κ2) is 8.95. The Kier molecular flexibility index (Phi) is 6.32. The summed E-state index contributed by atoms with van der Waals surface area (Å²) in [4.78, 5) is 23.0. The summed E-state index contributed by atoms with van der Waals surface area (Å²) in [6, 6.07) is 13.1. The van der Waals surface area contributed by atoms with Gasteiger partial charge in [-0.25, -0.2) is 0 Å². The van der Waals surface area contributed by atoms with E-state index in [2.05, 4.69) is 5.32 Å². The van der Waals surface area contributed by atoms with E-state index in [1.807, 2.05) is 0 Å². The number of carbonyl (C=O) groups is 1. The molecule has 1 heterocycles. The van der Waals surface area contributed by atoms with Crippen molar-refractivity contribution in [2.75, 3.05) is 5.32 Å². The van der Waals surface area contributed by atoms with Gasteiger partial charge in [0, 0.05) is 17.8 Å². The number of nitrogens with zero attached hydrogens (tertiary/aromatic N) is 2. The molecular formula is C21H11ClF3N3O4. The SMILES string of the molecule is N#C/C(=C\c1ccc(-c2ccccc2[N+](=O)[O-])o1)C(=O)Nc1ccc(Cl)c(C(F)(F)F)c1.